The SMILES string of the molecule is N#Cc1c(O)nsc1Nc1c(Cl)cccc1Cl. The van der Waals surface area contributed by atoms with Gasteiger partial charge in [0, 0.05) is 0 Å². The topological polar surface area (TPSA) is 68.9 Å². The van der Waals surface area contributed by atoms with Gasteiger partial charge in [-0.25, -0.2) is 0 Å². The summed E-state index contributed by atoms with van der Waals surface area (Å²) in [6.07, 6.45) is 0. The van der Waals surface area contributed by atoms with Crippen LogP contribution in [0.4, 0.5) is 10.7 Å². The summed E-state index contributed by atoms with van der Waals surface area (Å²) in [6.45, 7) is 0. The first kappa shape index (κ1) is 12.0. The monoisotopic (exact) mass is 285 g/mol. The Morgan fingerprint density at radius 1 is 1.35 bits per heavy atom. The van der Waals surface area contributed by atoms with Crippen LogP contribution in [-0.2, 0) is 0 Å². The first-order chi connectivity index (χ1) is 8.13. The summed E-state index contributed by atoms with van der Waals surface area (Å²) in [7, 11) is 0. The molecule has 86 valence electrons. The van der Waals surface area contributed by atoms with Crippen LogP contribution in [0, 0.1) is 11.3 Å². The maximum Gasteiger partial charge on any atom is 0.243 e. The molecular weight excluding hydrogens is 281 g/mol. The molecule has 4 nitrogen and oxygen atoms in total. The molecule has 0 saturated carbocycles. The minimum atomic E-state index is -0.303. The number of hydrogen-bond donors (Lipinski definition) is 2. The Balaban J connectivity index is 2.42. The third-order valence-corrected chi connectivity index (χ3v) is 3.37. The molecule has 2 N–H and O–H groups in total. The molecule has 0 saturated heterocycles. The van der Waals surface area contributed by atoms with Gasteiger partial charge in [-0.2, -0.15) is 9.64 Å². The Labute approximate surface area is 111 Å². The zero-order valence-electron chi connectivity index (χ0n) is 8.24. The number of aromatic hydroxyl groups is 1. The van der Waals surface area contributed by atoms with Crippen molar-refractivity contribution in [3.63, 3.8) is 0 Å². The van der Waals surface area contributed by atoms with E-state index in [0.29, 0.717) is 20.7 Å². The van der Waals surface area contributed by atoms with Gasteiger partial charge in [-0.05, 0) is 23.7 Å². The smallest absolute Gasteiger partial charge is 0.243 e. The molecule has 0 fully saturated rings. The molecule has 0 bridgehead atoms. The molecule has 2 rings (SSSR count). The van der Waals surface area contributed by atoms with Crippen LogP contribution in [0.2, 0.25) is 10.0 Å². The van der Waals surface area contributed by atoms with E-state index >= 15 is 0 Å². The van der Waals surface area contributed by atoms with Crippen molar-refractivity contribution in [1.82, 2.24) is 4.37 Å². The van der Waals surface area contributed by atoms with Crippen molar-refractivity contribution in [3.05, 3.63) is 33.8 Å². The first-order valence-electron chi connectivity index (χ1n) is 4.43. The number of hydrogen-bond acceptors (Lipinski definition) is 5. The lowest BCUT2D eigenvalue weighted by Gasteiger charge is -2.07. The van der Waals surface area contributed by atoms with Crippen molar-refractivity contribution in [2.45, 2.75) is 0 Å². The van der Waals surface area contributed by atoms with Gasteiger partial charge in [0.2, 0.25) is 5.88 Å². The van der Waals surface area contributed by atoms with Crippen LogP contribution in [-0.4, -0.2) is 9.48 Å². The molecule has 1 heterocycles. The molecular formula is C10H5Cl2N3OS. The summed E-state index contributed by atoms with van der Waals surface area (Å²) in [5.41, 5.74) is 0.557. The van der Waals surface area contributed by atoms with Gasteiger partial charge in [-0.3, -0.25) is 0 Å². The van der Waals surface area contributed by atoms with Gasteiger partial charge in [0.1, 0.15) is 11.1 Å². The van der Waals surface area contributed by atoms with Crippen LogP contribution in [0.1, 0.15) is 5.56 Å². The first-order valence-corrected chi connectivity index (χ1v) is 5.96. The van der Waals surface area contributed by atoms with Gasteiger partial charge in [-0.15, -0.1) is 0 Å². The van der Waals surface area contributed by atoms with E-state index in [9.17, 15) is 5.11 Å². The van der Waals surface area contributed by atoms with Crippen molar-refractivity contribution >= 4 is 45.4 Å². The summed E-state index contributed by atoms with van der Waals surface area (Å²) in [6, 6.07) is 6.90. The van der Waals surface area contributed by atoms with Crippen molar-refractivity contribution < 1.29 is 5.11 Å². The lowest BCUT2D eigenvalue weighted by Crippen LogP contribution is -1.91. The minimum Gasteiger partial charge on any atom is -0.492 e. The highest BCUT2D eigenvalue weighted by Crippen LogP contribution is 2.37. The largest absolute Gasteiger partial charge is 0.492 e. The normalized spacial score (nSPS) is 9.94. The highest BCUT2D eigenvalue weighted by molar-refractivity contribution is 7.10. The summed E-state index contributed by atoms with van der Waals surface area (Å²) < 4.78 is 3.67. The van der Waals surface area contributed by atoms with Crippen LogP contribution in [0.3, 0.4) is 0 Å². The summed E-state index contributed by atoms with van der Waals surface area (Å²) in [5, 5.41) is 22.3. The predicted octanol–water partition coefficient (Wildman–Crippen LogP) is 3.77. The second-order valence-electron chi connectivity index (χ2n) is 3.04. The van der Waals surface area contributed by atoms with Crippen LogP contribution >= 0.6 is 34.7 Å². The minimum absolute atomic E-state index is 0.0750. The van der Waals surface area contributed by atoms with E-state index in [1.807, 2.05) is 6.07 Å². The molecule has 0 spiro atoms. The zero-order chi connectivity index (χ0) is 12.4. The van der Waals surface area contributed by atoms with Gasteiger partial charge in [-0.1, -0.05) is 29.3 Å². The highest BCUT2D eigenvalue weighted by Gasteiger charge is 2.15. The Morgan fingerprint density at radius 3 is 2.59 bits per heavy atom. The second-order valence-corrected chi connectivity index (χ2v) is 4.63. The highest BCUT2D eigenvalue weighted by atomic mass is 35.5. The average Bonchev–Trinajstić information content (AvgIpc) is 2.64. The van der Waals surface area contributed by atoms with Gasteiger partial charge in [0.05, 0.1) is 15.7 Å². The molecule has 0 radical (unpaired) electrons. The molecule has 1 aromatic carbocycles. The number of benzene rings is 1. The van der Waals surface area contributed by atoms with Gasteiger partial charge >= 0.3 is 0 Å². The molecule has 7 heteroatoms. The molecule has 1 aromatic heterocycles. The molecule has 0 atom stereocenters. The fourth-order valence-corrected chi connectivity index (χ4v) is 2.34. The number of para-hydroxylation sites is 1. The van der Waals surface area contributed by atoms with Crippen molar-refractivity contribution in [2.75, 3.05) is 5.32 Å². The Hall–Kier alpha value is -1.48. The fraction of sp³-hybridized carbons (Fsp3) is 0. The molecule has 0 unspecified atom stereocenters. The number of nitrogens with one attached hydrogen (secondary N) is 1. The zero-order valence-corrected chi connectivity index (χ0v) is 10.6. The van der Waals surface area contributed by atoms with Crippen LogP contribution in [0.25, 0.3) is 0 Å². The molecule has 0 amide bonds. The third kappa shape index (κ3) is 2.29. The predicted molar refractivity (Wildman–Crippen MR) is 68.2 cm³/mol. The van der Waals surface area contributed by atoms with Crippen LogP contribution < -0.4 is 5.32 Å². The lowest BCUT2D eigenvalue weighted by molar-refractivity contribution is 0.458. The Kier molecular flexibility index (Phi) is 3.38. The van der Waals surface area contributed by atoms with E-state index < -0.39 is 0 Å². The molecule has 0 aliphatic rings. The number of rotatable bonds is 2. The molecule has 0 aliphatic heterocycles. The van der Waals surface area contributed by atoms with E-state index in [2.05, 4.69) is 9.69 Å². The number of nitriles is 1. The lowest BCUT2D eigenvalue weighted by atomic mass is 10.3. The summed E-state index contributed by atoms with van der Waals surface area (Å²) in [4.78, 5) is 0. The number of halogens is 2. The van der Waals surface area contributed by atoms with Gasteiger partial charge in [0.25, 0.3) is 0 Å². The summed E-state index contributed by atoms with van der Waals surface area (Å²) in [5.74, 6) is -0.303. The Morgan fingerprint density at radius 2 is 2.00 bits per heavy atom. The average molecular weight is 286 g/mol. The number of nitrogens with zero attached hydrogens (tertiary/aromatic N) is 2. The quantitative estimate of drug-likeness (QED) is 0.881. The van der Waals surface area contributed by atoms with Crippen LogP contribution in [0.5, 0.6) is 5.88 Å². The molecule has 2 aromatic rings. The van der Waals surface area contributed by atoms with Gasteiger partial charge in [0.15, 0.2) is 5.56 Å². The van der Waals surface area contributed by atoms with Crippen molar-refractivity contribution in [1.29, 1.82) is 5.26 Å². The van der Waals surface area contributed by atoms with E-state index in [1.165, 1.54) is 0 Å². The Bertz CT molecular complexity index is 586. The standard InChI is InChI=1S/C10H5Cl2N3OS/c11-6-2-1-3-7(12)8(6)14-10-5(4-13)9(16)15-17-10/h1-3,14H,(H,15,16). The van der Waals surface area contributed by atoms with Crippen molar-refractivity contribution in [2.24, 2.45) is 0 Å². The van der Waals surface area contributed by atoms with E-state index in [1.54, 1.807) is 18.2 Å². The van der Waals surface area contributed by atoms with E-state index in [4.69, 9.17) is 28.5 Å². The van der Waals surface area contributed by atoms with Gasteiger partial charge < -0.3 is 10.4 Å². The van der Waals surface area contributed by atoms with E-state index in [-0.39, 0.29) is 11.4 Å². The fourth-order valence-electron chi connectivity index (χ4n) is 1.20. The summed E-state index contributed by atoms with van der Waals surface area (Å²) >= 11 is 12.9. The number of anilines is 2. The third-order valence-electron chi connectivity index (χ3n) is 1.99. The maximum atomic E-state index is 9.32. The van der Waals surface area contributed by atoms with Crippen molar-refractivity contribution in [3.8, 4) is 11.9 Å². The van der Waals surface area contributed by atoms with E-state index in [0.717, 1.165) is 11.5 Å². The second kappa shape index (κ2) is 4.80. The molecule has 17 heavy (non-hydrogen) atoms. The molecule has 0 aliphatic carbocycles. The maximum absolute atomic E-state index is 9.32. The number of aromatic nitrogens is 1. The van der Waals surface area contributed by atoms with Crippen LogP contribution in [0.15, 0.2) is 18.2 Å².